The third kappa shape index (κ3) is 7.53. The van der Waals surface area contributed by atoms with Gasteiger partial charge in [-0.3, -0.25) is 14.4 Å². The fourth-order valence-electron chi connectivity index (χ4n) is 2.25. The first-order valence-electron chi connectivity index (χ1n) is 7.73. The fourth-order valence-corrected chi connectivity index (χ4v) is 2.52. The number of carbonyl (C=O) groups is 3. The van der Waals surface area contributed by atoms with Crippen LogP contribution in [0, 0.1) is 5.41 Å². The van der Waals surface area contributed by atoms with Crippen LogP contribution in [0.25, 0.3) is 0 Å². The summed E-state index contributed by atoms with van der Waals surface area (Å²) in [4.78, 5) is 34.8. The normalized spacial score (nSPS) is 11.0. The first-order valence-corrected chi connectivity index (χ1v) is 8.11. The van der Waals surface area contributed by atoms with Gasteiger partial charge in [-0.25, -0.2) is 0 Å². The molecule has 0 radical (unpaired) electrons. The van der Waals surface area contributed by atoms with Crippen molar-refractivity contribution in [3.05, 3.63) is 28.8 Å². The Balaban J connectivity index is 2.69. The van der Waals surface area contributed by atoms with E-state index in [0.717, 1.165) is 0 Å². The molecule has 1 aromatic rings. The number of carbonyl (C=O) groups excluding carboxylic acids is 2. The lowest BCUT2D eigenvalue weighted by Crippen LogP contribution is -2.27. The number of rotatable bonds is 9. The van der Waals surface area contributed by atoms with E-state index in [-0.39, 0.29) is 29.7 Å². The summed E-state index contributed by atoms with van der Waals surface area (Å²) in [6, 6.07) is 4.57. The van der Waals surface area contributed by atoms with Crippen LogP contribution in [-0.4, -0.2) is 43.2 Å². The summed E-state index contributed by atoms with van der Waals surface area (Å²) >= 11 is 6.10. The van der Waals surface area contributed by atoms with Gasteiger partial charge < -0.3 is 20.5 Å². The molecule has 0 heterocycles. The summed E-state index contributed by atoms with van der Waals surface area (Å²) in [6.45, 7) is 4.18. The van der Waals surface area contributed by atoms with Gasteiger partial charge in [0.05, 0.1) is 23.6 Å². The fraction of sp³-hybridized carbons (Fsp3) is 0.471. The molecular weight excluding hydrogens is 348 g/mol. The van der Waals surface area contributed by atoms with Crippen molar-refractivity contribution < 1.29 is 24.2 Å². The van der Waals surface area contributed by atoms with Crippen LogP contribution in [0.5, 0.6) is 0 Å². The van der Waals surface area contributed by atoms with Gasteiger partial charge in [-0.05, 0) is 23.6 Å². The van der Waals surface area contributed by atoms with Crippen molar-refractivity contribution in [3.63, 3.8) is 0 Å². The first kappa shape index (κ1) is 20.9. The smallest absolute Gasteiger partial charge is 0.303 e. The van der Waals surface area contributed by atoms with Crippen LogP contribution in [0.15, 0.2) is 18.2 Å². The highest BCUT2D eigenvalue weighted by Gasteiger charge is 2.25. The van der Waals surface area contributed by atoms with Gasteiger partial charge in [0, 0.05) is 25.8 Å². The Hall–Kier alpha value is -2.12. The van der Waals surface area contributed by atoms with E-state index in [9.17, 15) is 14.4 Å². The highest BCUT2D eigenvalue weighted by Crippen LogP contribution is 2.26. The van der Waals surface area contributed by atoms with Crippen molar-refractivity contribution >= 4 is 35.1 Å². The standard InChI is InChI=1S/C17H23ClN2O5/c1-17(2,10-15(22)23)9-14(21)20-11-4-5-12(13(18)8-11)16(24)19-6-7-25-3/h4-5,8H,6-7,9-10H2,1-3H3,(H,19,24)(H,20,21)(H,22,23). The molecule has 0 aliphatic rings. The lowest BCUT2D eigenvalue weighted by molar-refractivity contribution is -0.139. The number of ether oxygens (including phenoxy) is 1. The summed E-state index contributed by atoms with van der Waals surface area (Å²) in [6.07, 6.45) is -0.0576. The van der Waals surface area contributed by atoms with Crippen molar-refractivity contribution in [2.45, 2.75) is 26.7 Å². The molecule has 7 nitrogen and oxygen atoms in total. The maximum Gasteiger partial charge on any atom is 0.303 e. The predicted octanol–water partition coefficient (Wildman–Crippen LogP) is 2.55. The minimum Gasteiger partial charge on any atom is -0.481 e. The molecule has 0 atom stereocenters. The quantitative estimate of drug-likeness (QED) is 0.579. The van der Waals surface area contributed by atoms with E-state index in [2.05, 4.69) is 10.6 Å². The molecule has 8 heteroatoms. The SMILES string of the molecule is COCCNC(=O)c1ccc(NC(=O)CC(C)(C)CC(=O)O)cc1Cl. The molecule has 3 N–H and O–H groups in total. The van der Waals surface area contributed by atoms with E-state index in [1.807, 2.05) is 0 Å². The number of nitrogens with one attached hydrogen (secondary N) is 2. The number of benzene rings is 1. The molecule has 0 saturated carbocycles. The van der Waals surface area contributed by atoms with Gasteiger partial charge in [-0.15, -0.1) is 0 Å². The van der Waals surface area contributed by atoms with Crippen LogP contribution in [0.4, 0.5) is 5.69 Å². The number of carboxylic acids is 1. The minimum atomic E-state index is -0.954. The Morgan fingerprint density at radius 2 is 1.92 bits per heavy atom. The number of carboxylic acid groups (broad SMARTS) is 1. The van der Waals surface area contributed by atoms with Crippen LogP contribution < -0.4 is 10.6 Å². The molecule has 0 unspecified atom stereocenters. The lowest BCUT2D eigenvalue weighted by atomic mass is 9.85. The summed E-state index contributed by atoms with van der Waals surface area (Å²) in [7, 11) is 1.54. The third-order valence-electron chi connectivity index (χ3n) is 3.36. The van der Waals surface area contributed by atoms with E-state index in [1.165, 1.54) is 19.2 Å². The van der Waals surface area contributed by atoms with Crippen LogP contribution in [0.1, 0.15) is 37.0 Å². The third-order valence-corrected chi connectivity index (χ3v) is 3.67. The molecule has 2 amide bonds. The van der Waals surface area contributed by atoms with Gasteiger partial charge in [0.2, 0.25) is 5.91 Å². The van der Waals surface area contributed by atoms with Crippen LogP contribution in [-0.2, 0) is 14.3 Å². The van der Waals surface area contributed by atoms with Crippen LogP contribution >= 0.6 is 11.6 Å². The molecule has 25 heavy (non-hydrogen) atoms. The summed E-state index contributed by atoms with van der Waals surface area (Å²) in [5, 5.41) is 14.4. The van der Waals surface area contributed by atoms with Crippen molar-refractivity contribution in [2.75, 3.05) is 25.6 Å². The van der Waals surface area contributed by atoms with Crippen molar-refractivity contribution in [2.24, 2.45) is 5.41 Å². The lowest BCUT2D eigenvalue weighted by Gasteiger charge is -2.21. The van der Waals surface area contributed by atoms with E-state index in [1.54, 1.807) is 19.9 Å². The highest BCUT2D eigenvalue weighted by molar-refractivity contribution is 6.34. The maximum atomic E-state index is 12.1. The zero-order valence-corrected chi connectivity index (χ0v) is 15.3. The maximum absolute atomic E-state index is 12.1. The summed E-state index contributed by atoms with van der Waals surface area (Å²) < 4.78 is 4.85. The highest BCUT2D eigenvalue weighted by atomic mass is 35.5. The molecule has 0 aliphatic heterocycles. The van der Waals surface area contributed by atoms with Gasteiger partial charge in [-0.1, -0.05) is 25.4 Å². The average molecular weight is 371 g/mol. The number of aliphatic carboxylic acids is 1. The largest absolute Gasteiger partial charge is 0.481 e. The molecule has 0 bridgehead atoms. The summed E-state index contributed by atoms with van der Waals surface area (Å²) in [5.74, 6) is -1.60. The molecule has 0 fully saturated rings. The zero-order valence-electron chi connectivity index (χ0n) is 14.5. The number of hydrogen-bond donors (Lipinski definition) is 3. The van der Waals surface area contributed by atoms with Gasteiger partial charge in [0.15, 0.2) is 0 Å². The number of anilines is 1. The van der Waals surface area contributed by atoms with Gasteiger partial charge in [0.25, 0.3) is 5.91 Å². The monoisotopic (exact) mass is 370 g/mol. The second-order valence-corrected chi connectivity index (χ2v) is 6.81. The second kappa shape index (κ2) is 9.39. The second-order valence-electron chi connectivity index (χ2n) is 6.40. The number of amides is 2. The predicted molar refractivity (Wildman–Crippen MR) is 94.9 cm³/mol. The molecule has 138 valence electrons. The average Bonchev–Trinajstić information content (AvgIpc) is 2.45. The van der Waals surface area contributed by atoms with Crippen molar-refractivity contribution in [3.8, 4) is 0 Å². The van der Waals surface area contributed by atoms with E-state index < -0.39 is 11.4 Å². The molecule has 0 aromatic heterocycles. The Morgan fingerprint density at radius 3 is 2.48 bits per heavy atom. The zero-order chi connectivity index (χ0) is 19.0. The van der Waals surface area contributed by atoms with Crippen molar-refractivity contribution in [1.29, 1.82) is 0 Å². The Bertz CT molecular complexity index is 646. The molecular formula is C17H23ClN2O5. The van der Waals surface area contributed by atoms with E-state index in [0.29, 0.717) is 24.4 Å². The van der Waals surface area contributed by atoms with Gasteiger partial charge in [-0.2, -0.15) is 0 Å². The minimum absolute atomic E-state index is 0.0518. The van der Waals surface area contributed by atoms with Crippen molar-refractivity contribution in [1.82, 2.24) is 5.32 Å². The van der Waals surface area contributed by atoms with Crippen LogP contribution in [0.3, 0.4) is 0 Å². The van der Waals surface area contributed by atoms with E-state index >= 15 is 0 Å². The van der Waals surface area contributed by atoms with Gasteiger partial charge in [0.1, 0.15) is 0 Å². The topological polar surface area (TPSA) is 105 Å². The van der Waals surface area contributed by atoms with Gasteiger partial charge >= 0.3 is 5.97 Å². The Labute approximate surface area is 151 Å². The summed E-state index contributed by atoms with van der Waals surface area (Å²) in [5.41, 5.74) is 0.0671. The Morgan fingerprint density at radius 1 is 1.24 bits per heavy atom. The first-order chi connectivity index (χ1) is 11.6. The number of halogens is 1. The Kier molecular flexibility index (Phi) is 7.86. The molecule has 1 aromatic carbocycles. The molecule has 0 spiro atoms. The molecule has 0 saturated heterocycles. The van der Waals surface area contributed by atoms with Crippen LogP contribution in [0.2, 0.25) is 5.02 Å². The van der Waals surface area contributed by atoms with E-state index in [4.69, 9.17) is 21.4 Å². The number of methoxy groups -OCH3 is 1. The molecule has 0 aliphatic carbocycles. The molecule has 1 rings (SSSR count). The number of hydrogen-bond acceptors (Lipinski definition) is 4.